The van der Waals surface area contributed by atoms with E-state index < -0.39 is 5.97 Å². The molecule has 3 aromatic rings. The van der Waals surface area contributed by atoms with E-state index in [-0.39, 0.29) is 6.42 Å². The van der Waals surface area contributed by atoms with Crippen LogP contribution in [0.15, 0.2) is 46.9 Å². The topological polar surface area (TPSA) is 59.4 Å². The molecule has 122 valence electrons. The van der Waals surface area contributed by atoms with Crippen molar-refractivity contribution in [2.24, 2.45) is 0 Å². The van der Waals surface area contributed by atoms with Gasteiger partial charge in [-0.25, -0.2) is 4.98 Å². The molecule has 24 heavy (non-hydrogen) atoms. The van der Waals surface area contributed by atoms with E-state index in [1.807, 2.05) is 48.5 Å². The summed E-state index contributed by atoms with van der Waals surface area (Å²) in [5, 5.41) is 9.98. The molecule has 0 aliphatic rings. The van der Waals surface area contributed by atoms with E-state index in [4.69, 9.17) is 4.74 Å². The van der Waals surface area contributed by atoms with Gasteiger partial charge in [0.2, 0.25) is 0 Å². The smallest absolute Gasteiger partial charge is 0.307 e. The fraction of sp³-hybridized carbons (Fsp3) is 0.111. The standard InChI is InChI=1S/C18H14BrNO3S/c1-23-15-7-6-13(19)9-11(15)8-12(10-17(21)22)18-20-14-4-2-3-5-16(14)24-18/h2-9H,10H2,1H3,(H,21,22). The first kappa shape index (κ1) is 16.7. The Morgan fingerprint density at radius 3 is 2.83 bits per heavy atom. The number of methoxy groups -OCH3 is 1. The SMILES string of the molecule is COc1ccc(Br)cc1C=C(CC(=O)O)c1nc2ccccc2s1. The van der Waals surface area contributed by atoms with Crippen LogP contribution < -0.4 is 4.74 Å². The molecule has 0 bridgehead atoms. The molecule has 6 heteroatoms. The third-order valence-electron chi connectivity index (χ3n) is 3.43. The van der Waals surface area contributed by atoms with Crippen molar-refractivity contribution >= 4 is 55.1 Å². The monoisotopic (exact) mass is 403 g/mol. The molecule has 1 heterocycles. The van der Waals surface area contributed by atoms with Crippen LogP contribution in [0.5, 0.6) is 5.75 Å². The Bertz CT molecular complexity index is 900. The van der Waals surface area contributed by atoms with Gasteiger partial charge in [0.25, 0.3) is 0 Å². The number of aliphatic carboxylic acids is 1. The van der Waals surface area contributed by atoms with Gasteiger partial charge in [-0.3, -0.25) is 4.79 Å². The summed E-state index contributed by atoms with van der Waals surface area (Å²) in [6.07, 6.45) is 1.73. The molecule has 0 aliphatic heterocycles. The van der Waals surface area contributed by atoms with Crippen molar-refractivity contribution in [1.82, 2.24) is 4.98 Å². The Labute approximate surface area is 151 Å². The second kappa shape index (κ2) is 7.15. The number of benzene rings is 2. The lowest BCUT2D eigenvalue weighted by Gasteiger charge is -2.07. The predicted octanol–water partition coefficient (Wildman–Crippen LogP) is 5.08. The van der Waals surface area contributed by atoms with E-state index >= 15 is 0 Å². The predicted molar refractivity (Wildman–Crippen MR) is 100 cm³/mol. The molecule has 0 fully saturated rings. The van der Waals surface area contributed by atoms with Gasteiger partial charge in [-0.05, 0) is 42.0 Å². The van der Waals surface area contributed by atoms with Crippen molar-refractivity contribution in [3.05, 3.63) is 57.5 Å². The summed E-state index contributed by atoms with van der Waals surface area (Å²) in [5.41, 5.74) is 2.33. The summed E-state index contributed by atoms with van der Waals surface area (Å²) >= 11 is 4.93. The first-order chi connectivity index (χ1) is 11.6. The second-order valence-corrected chi connectivity index (χ2v) is 7.06. The van der Waals surface area contributed by atoms with E-state index in [1.165, 1.54) is 11.3 Å². The van der Waals surface area contributed by atoms with Crippen LogP contribution in [-0.2, 0) is 4.79 Å². The molecule has 2 aromatic carbocycles. The number of aromatic nitrogens is 1. The molecule has 1 N–H and O–H groups in total. The summed E-state index contributed by atoms with van der Waals surface area (Å²) < 4.78 is 7.30. The van der Waals surface area contributed by atoms with Crippen molar-refractivity contribution in [3.8, 4) is 5.75 Å². The van der Waals surface area contributed by atoms with Crippen LogP contribution in [0, 0.1) is 0 Å². The van der Waals surface area contributed by atoms with Crippen LogP contribution >= 0.6 is 27.3 Å². The van der Waals surface area contributed by atoms with Crippen LogP contribution in [0.4, 0.5) is 0 Å². The minimum Gasteiger partial charge on any atom is -0.496 e. The maximum Gasteiger partial charge on any atom is 0.307 e. The number of hydrogen-bond acceptors (Lipinski definition) is 4. The zero-order chi connectivity index (χ0) is 17.1. The Morgan fingerprint density at radius 1 is 1.33 bits per heavy atom. The zero-order valence-corrected chi connectivity index (χ0v) is 15.2. The number of rotatable bonds is 5. The molecule has 0 saturated carbocycles. The second-order valence-electron chi connectivity index (χ2n) is 5.11. The fourth-order valence-corrected chi connectivity index (χ4v) is 3.72. The number of halogens is 1. The number of para-hydroxylation sites is 1. The summed E-state index contributed by atoms with van der Waals surface area (Å²) in [6.45, 7) is 0. The lowest BCUT2D eigenvalue weighted by molar-refractivity contribution is -0.135. The average Bonchev–Trinajstić information content (AvgIpc) is 2.98. The van der Waals surface area contributed by atoms with Gasteiger partial charge in [0, 0.05) is 10.0 Å². The molecule has 0 spiro atoms. The summed E-state index contributed by atoms with van der Waals surface area (Å²) in [7, 11) is 1.59. The Morgan fingerprint density at radius 2 is 2.12 bits per heavy atom. The minimum atomic E-state index is -0.894. The number of carboxylic acid groups (broad SMARTS) is 1. The van der Waals surface area contributed by atoms with Crippen molar-refractivity contribution in [3.63, 3.8) is 0 Å². The Hall–Kier alpha value is -2.18. The molecule has 4 nitrogen and oxygen atoms in total. The zero-order valence-electron chi connectivity index (χ0n) is 12.8. The van der Waals surface area contributed by atoms with Crippen molar-refractivity contribution in [1.29, 1.82) is 0 Å². The molecule has 0 aliphatic carbocycles. The van der Waals surface area contributed by atoms with Gasteiger partial charge in [0.1, 0.15) is 10.8 Å². The number of hydrogen-bond donors (Lipinski definition) is 1. The van der Waals surface area contributed by atoms with Gasteiger partial charge >= 0.3 is 5.97 Å². The number of carbonyl (C=O) groups is 1. The first-order valence-corrected chi connectivity index (χ1v) is 8.79. The molecule has 0 saturated heterocycles. The largest absolute Gasteiger partial charge is 0.496 e. The number of nitrogens with zero attached hydrogens (tertiary/aromatic N) is 1. The fourth-order valence-electron chi connectivity index (χ4n) is 2.37. The van der Waals surface area contributed by atoms with Gasteiger partial charge in [0.15, 0.2) is 0 Å². The minimum absolute atomic E-state index is 0.102. The van der Waals surface area contributed by atoms with Gasteiger partial charge in [-0.2, -0.15) is 0 Å². The maximum atomic E-state index is 11.3. The number of carboxylic acids is 1. The molecule has 0 amide bonds. The van der Waals surface area contributed by atoms with E-state index in [9.17, 15) is 9.90 Å². The van der Waals surface area contributed by atoms with Gasteiger partial charge in [0.05, 0.1) is 23.7 Å². The lowest BCUT2D eigenvalue weighted by atomic mass is 10.1. The van der Waals surface area contributed by atoms with Gasteiger partial charge < -0.3 is 9.84 Å². The van der Waals surface area contributed by atoms with Crippen LogP contribution in [0.2, 0.25) is 0 Å². The summed E-state index contributed by atoms with van der Waals surface area (Å²) in [6, 6.07) is 13.4. The van der Waals surface area contributed by atoms with Crippen LogP contribution in [0.1, 0.15) is 17.0 Å². The molecular formula is C18H14BrNO3S. The van der Waals surface area contributed by atoms with Gasteiger partial charge in [-0.1, -0.05) is 28.1 Å². The third-order valence-corrected chi connectivity index (χ3v) is 5.04. The van der Waals surface area contributed by atoms with Crippen LogP contribution in [0.25, 0.3) is 21.9 Å². The van der Waals surface area contributed by atoms with E-state index in [2.05, 4.69) is 20.9 Å². The van der Waals surface area contributed by atoms with Crippen LogP contribution in [-0.4, -0.2) is 23.2 Å². The average molecular weight is 404 g/mol. The molecule has 1 aromatic heterocycles. The summed E-state index contributed by atoms with van der Waals surface area (Å²) in [4.78, 5) is 15.9. The van der Waals surface area contributed by atoms with Gasteiger partial charge in [-0.15, -0.1) is 11.3 Å². The lowest BCUT2D eigenvalue weighted by Crippen LogP contribution is -1.97. The van der Waals surface area contributed by atoms with Crippen molar-refractivity contribution < 1.29 is 14.6 Å². The maximum absolute atomic E-state index is 11.3. The highest BCUT2D eigenvalue weighted by molar-refractivity contribution is 9.10. The van der Waals surface area contributed by atoms with Crippen molar-refractivity contribution in [2.45, 2.75) is 6.42 Å². The first-order valence-electron chi connectivity index (χ1n) is 7.18. The molecule has 3 rings (SSSR count). The van der Waals surface area contributed by atoms with E-state index in [0.717, 1.165) is 20.3 Å². The highest BCUT2D eigenvalue weighted by Crippen LogP contribution is 2.33. The van der Waals surface area contributed by atoms with E-state index in [0.29, 0.717) is 16.3 Å². The molecule has 0 unspecified atom stereocenters. The van der Waals surface area contributed by atoms with E-state index in [1.54, 1.807) is 7.11 Å². The number of ether oxygens (including phenoxy) is 1. The molecule has 0 atom stereocenters. The molecule has 0 radical (unpaired) electrons. The highest BCUT2D eigenvalue weighted by Gasteiger charge is 2.14. The highest BCUT2D eigenvalue weighted by atomic mass is 79.9. The Balaban J connectivity index is 2.12. The number of thiazole rings is 1. The third kappa shape index (κ3) is 3.66. The van der Waals surface area contributed by atoms with Crippen molar-refractivity contribution in [2.75, 3.05) is 7.11 Å². The van der Waals surface area contributed by atoms with Crippen LogP contribution in [0.3, 0.4) is 0 Å². The Kier molecular flexibility index (Phi) is 4.97. The quantitative estimate of drug-likeness (QED) is 0.644. The molecular weight excluding hydrogens is 390 g/mol. The normalized spacial score (nSPS) is 11.7. The summed E-state index contributed by atoms with van der Waals surface area (Å²) in [5.74, 6) is -0.211. The number of fused-ring (bicyclic) bond motifs is 1.